The summed E-state index contributed by atoms with van der Waals surface area (Å²) in [6.07, 6.45) is 5.32. The van der Waals surface area contributed by atoms with E-state index in [4.69, 9.17) is 11.2 Å². The van der Waals surface area contributed by atoms with Crippen molar-refractivity contribution in [2.24, 2.45) is 0 Å². The number of rotatable bonds is 3. The molecule has 0 aromatic carbocycles. The van der Waals surface area contributed by atoms with Gasteiger partial charge in [-0.15, -0.1) is 23.7 Å². The second-order valence-corrected chi connectivity index (χ2v) is 5.60. The first kappa shape index (κ1) is 13.6. The van der Waals surface area contributed by atoms with Crippen molar-refractivity contribution in [1.82, 2.24) is 5.32 Å². The zero-order chi connectivity index (χ0) is 12.9. The van der Waals surface area contributed by atoms with Crippen LogP contribution in [0.5, 0.6) is 0 Å². The topological polar surface area (TPSA) is 38.3 Å². The summed E-state index contributed by atoms with van der Waals surface area (Å²) in [7, 11) is 0. The van der Waals surface area contributed by atoms with Crippen LogP contribution in [0.3, 0.4) is 0 Å². The van der Waals surface area contributed by atoms with Crippen LogP contribution in [-0.4, -0.2) is 11.7 Å². The van der Waals surface area contributed by atoms with Gasteiger partial charge in [-0.25, -0.2) is 4.79 Å². The Morgan fingerprint density at radius 3 is 2.82 bits per heavy atom. The van der Waals surface area contributed by atoms with Crippen LogP contribution in [0.1, 0.15) is 38.1 Å². The number of carbonyl (C=O) groups excluding carboxylic acids is 1. The fourth-order valence-electron chi connectivity index (χ4n) is 1.28. The molecule has 0 fully saturated rings. The molecule has 17 heavy (non-hydrogen) atoms. The van der Waals surface area contributed by atoms with Gasteiger partial charge in [0, 0.05) is 11.3 Å². The van der Waals surface area contributed by atoms with E-state index in [9.17, 15) is 4.79 Å². The number of hydrogen-bond acceptors (Lipinski definition) is 3. The first-order valence-electron chi connectivity index (χ1n) is 5.39. The van der Waals surface area contributed by atoms with Gasteiger partial charge >= 0.3 is 6.09 Å². The van der Waals surface area contributed by atoms with E-state index in [0.29, 0.717) is 6.42 Å². The average molecular weight is 251 g/mol. The Balaban J connectivity index is 2.63. The zero-order valence-corrected chi connectivity index (χ0v) is 11.1. The van der Waals surface area contributed by atoms with Crippen molar-refractivity contribution >= 4 is 17.4 Å². The predicted octanol–water partition coefficient (Wildman–Crippen LogP) is 3.34. The first-order valence-corrected chi connectivity index (χ1v) is 6.27. The second-order valence-electron chi connectivity index (χ2n) is 4.62. The van der Waals surface area contributed by atoms with E-state index >= 15 is 0 Å². The van der Waals surface area contributed by atoms with Crippen molar-refractivity contribution < 1.29 is 9.53 Å². The molecule has 1 aromatic rings. The van der Waals surface area contributed by atoms with E-state index in [-0.39, 0.29) is 6.04 Å². The number of hydrogen-bond donors (Lipinski definition) is 1. The van der Waals surface area contributed by atoms with Gasteiger partial charge in [0.25, 0.3) is 0 Å². The number of amides is 1. The molecule has 1 atom stereocenters. The second kappa shape index (κ2) is 5.74. The lowest BCUT2D eigenvalue weighted by Crippen LogP contribution is -2.34. The summed E-state index contributed by atoms with van der Waals surface area (Å²) >= 11 is 1.57. The van der Waals surface area contributed by atoms with Gasteiger partial charge in [0.05, 0.1) is 6.04 Å². The van der Waals surface area contributed by atoms with Crippen molar-refractivity contribution in [3.8, 4) is 12.3 Å². The predicted molar refractivity (Wildman–Crippen MR) is 69.9 cm³/mol. The summed E-state index contributed by atoms with van der Waals surface area (Å²) in [5, 5.41) is 4.74. The van der Waals surface area contributed by atoms with Crippen molar-refractivity contribution in [3.63, 3.8) is 0 Å². The van der Waals surface area contributed by atoms with Crippen LogP contribution in [0.4, 0.5) is 4.79 Å². The van der Waals surface area contributed by atoms with Crippen LogP contribution in [0.2, 0.25) is 0 Å². The highest BCUT2D eigenvalue weighted by molar-refractivity contribution is 7.10. The average Bonchev–Trinajstić information content (AvgIpc) is 2.66. The molecule has 0 radical (unpaired) electrons. The molecular formula is C13H17NO2S. The molecule has 1 rings (SSSR count). The minimum absolute atomic E-state index is 0.171. The van der Waals surface area contributed by atoms with Crippen LogP contribution in [0.15, 0.2) is 17.5 Å². The van der Waals surface area contributed by atoms with Crippen LogP contribution < -0.4 is 5.32 Å². The third-order valence-corrected chi connectivity index (χ3v) is 2.89. The van der Waals surface area contributed by atoms with E-state index in [2.05, 4.69) is 11.2 Å². The normalized spacial score (nSPS) is 12.6. The van der Waals surface area contributed by atoms with Crippen molar-refractivity contribution in [2.75, 3.05) is 0 Å². The van der Waals surface area contributed by atoms with Crippen LogP contribution in [-0.2, 0) is 4.74 Å². The van der Waals surface area contributed by atoms with Crippen LogP contribution >= 0.6 is 11.3 Å². The van der Waals surface area contributed by atoms with Crippen LogP contribution in [0, 0.1) is 12.3 Å². The number of alkyl carbamates (subject to hydrolysis) is 1. The van der Waals surface area contributed by atoms with Crippen molar-refractivity contribution in [1.29, 1.82) is 0 Å². The van der Waals surface area contributed by atoms with Gasteiger partial charge in [-0.1, -0.05) is 6.07 Å². The Morgan fingerprint density at radius 2 is 2.35 bits per heavy atom. The lowest BCUT2D eigenvalue weighted by Gasteiger charge is -2.22. The number of thiophene rings is 1. The summed E-state index contributed by atoms with van der Waals surface area (Å²) in [5.74, 6) is 2.56. The molecule has 0 aliphatic heterocycles. The van der Waals surface area contributed by atoms with E-state index < -0.39 is 11.7 Å². The van der Waals surface area contributed by atoms with Gasteiger partial charge in [-0.2, -0.15) is 0 Å². The minimum atomic E-state index is -0.500. The Kier molecular flexibility index (Phi) is 4.59. The minimum Gasteiger partial charge on any atom is -0.444 e. The largest absolute Gasteiger partial charge is 0.444 e. The third kappa shape index (κ3) is 4.92. The molecule has 0 saturated carbocycles. The quantitative estimate of drug-likeness (QED) is 0.837. The lowest BCUT2D eigenvalue weighted by molar-refractivity contribution is 0.0505. The van der Waals surface area contributed by atoms with E-state index in [1.807, 2.05) is 38.3 Å². The van der Waals surface area contributed by atoms with Crippen molar-refractivity contribution in [2.45, 2.75) is 38.8 Å². The Hall–Kier alpha value is -1.47. The molecule has 0 unspecified atom stereocenters. The molecule has 1 amide bonds. The SMILES string of the molecule is C#CC[C@H](NC(=O)OC(C)(C)C)c1cccs1. The molecule has 0 saturated heterocycles. The highest BCUT2D eigenvalue weighted by atomic mass is 32.1. The van der Waals surface area contributed by atoms with E-state index in [0.717, 1.165) is 4.88 Å². The van der Waals surface area contributed by atoms with E-state index in [1.165, 1.54) is 0 Å². The number of carbonyl (C=O) groups is 1. The van der Waals surface area contributed by atoms with Gasteiger partial charge in [0.1, 0.15) is 5.60 Å². The smallest absolute Gasteiger partial charge is 0.408 e. The summed E-state index contributed by atoms with van der Waals surface area (Å²) in [4.78, 5) is 12.7. The summed E-state index contributed by atoms with van der Waals surface area (Å²) in [6, 6.07) is 3.71. The molecular weight excluding hydrogens is 234 g/mol. The molecule has 0 aliphatic carbocycles. The molecule has 1 N–H and O–H groups in total. The molecule has 0 aliphatic rings. The molecule has 4 heteroatoms. The fourth-order valence-corrected chi connectivity index (χ4v) is 2.06. The maximum Gasteiger partial charge on any atom is 0.408 e. The Bertz CT molecular complexity index is 398. The maximum absolute atomic E-state index is 11.6. The van der Waals surface area contributed by atoms with Gasteiger partial charge < -0.3 is 10.1 Å². The van der Waals surface area contributed by atoms with Crippen molar-refractivity contribution in [3.05, 3.63) is 22.4 Å². The highest BCUT2D eigenvalue weighted by Gasteiger charge is 2.20. The number of ether oxygens (including phenoxy) is 1. The summed E-state index contributed by atoms with van der Waals surface area (Å²) < 4.78 is 5.20. The van der Waals surface area contributed by atoms with Gasteiger partial charge in [-0.05, 0) is 32.2 Å². The third-order valence-electron chi connectivity index (χ3n) is 1.90. The number of terminal acetylenes is 1. The monoisotopic (exact) mass is 251 g/mol. The first-order chi connectivity index (χ1) is 7.92. The highest BCUT2D eigenvalue weighted by Crippen LogP contribution is 2.22. The molecule has 0 bridgehead atoms. The van der Waals surface area contributed by atoms with Gasteiger partial charge in [-0.3, -0.25) is 0 Å². The molecule has 0 spiro atoms. The Morgan fingerprint density at radius 1 is 1.65 bits per heavy atom. The van der Waals surface area contributed by atoms with Gasteiger partial charge in [0.15, 0.2) is 0 Å². The molecule has 92 valence electrons. The molecule has 3 nitrogen and oxygen atoms in total. The number of nitrogens with one attached hydrogen (secondary N) is 1. The van der Waals surface area contributed by atoms with Gasteiger partial charge in [0.2, 0.25) is 0 Å². The standard InChI is InChI=1S/C13H17NO2S/c1-5-7-10(11-8-6-9-17-11)14-12(15)16-13(2,3)4/h1,6,8-10H,7H2,2-4H3,(H,14,15)/t10-/m0/s1. The van der Waals surface area contributed by atoms with E-state index in [1.54, 1.807) is 11.3 Å². The summed E-state index contributed by atoms with van der Waals surface area (Å²) in [5.41, 5.74) is -0.500. The Labute approximate surface area is 106 Å². The fraction of sp³-hybridized carbons (Fsp3) is 0.462. The molecule has 1 aromatic heterocycles. The summed E-state index contributed by atoms with van der Waals surface area (Å²) in [6.45, 7) is 5.48. The molecule has 1 heterocycles. The lowest BCUT2D eigenvalue weighted by atomic mass is 10.2. The maximum atomic E-state index is 11.6. The zero-order valence-electron chi connectivity index (χ0n) is 10.3. The van der Waals surface area contributed by atoms with Crippen LogP contribution in [0.25, 0.3) is 0 Å².